The van der Waals surface area contributed by atoms with Gasteiger partial charge in [0, 0.05) is 10.5 Å². The molecular weight excluding hydrogens is 288 g/mol. The van der Waals surface area contributed by atoms with Crippen molar-refractivity contribution in [2.24, 2.45) is 5.92 Å². The van der Waals surface area contributed by atoms with Crippen LogP contribution in [-0.4, -0.2) is 6.04 Å². The standard InChI is InChI=1S/C15H21BrN2/c1-4-11(3)8-14(5-2)18-15-7-6-13(16)9-12(15)10-17/h6-7,9,11,14,18H,4-5,8H2,1-3H3. The normalized spacial score (nSPS) is 13.7. The van der Waals surface area contributed by atoms with Crippen LogP contribution in [0, 0.1) is 17.2 Å². The fraction of sp³-hybridized carbons (Fsp3) is 0.533. The number of rotatable bonds is 6. The number of hydrogen-bond donors (Lipinski definition) is 1. The zero-order chi connectivity index (χ0) is 13.5. The number of nitrogens with one attached hydrogen (secondary N) is 1. The van der Waals surface area contributed by atoms with Gasteiger partial charge in [-0.05, 0) is 37.0 Å². The van der Waals surface area contributed by atoms with Crippen molar-refractivity contribution in [3.63, 3.8) is 0 Å². The van der Waals surface area contributed by atoms with Crippen molar-refractivity contribution < 1.29 is 0 Å². The van der Waals surface area contributed by atoms with Crippen molar-refractivity contribution >= 4 is 21.6 Å². The van der Waals surface area contributed by atoms with Crippen LogP contribution in [0.1, 0.15) is 45.6 Å². The molecule has 0 radical (unpaired) electrons. The Hall–Kier alpha value is -1.01. The van der Waals surface area contributed by atoms with Crippen LogP contribution >= 0.6 is 15.9 Å². The van der Waals surface area contributed by atoms with Gasteiger partial charge >= 0.3 is 0 Å². The summed E-state index contributed by atoms with van der Waals surface area (Å²) in [6, 6.07) is 8.48. The number of benzene rings is 1. The van der Waals surface area contributed by atoms with Crippen molar-refractivity contribution in [1.29, 1.82) is 5.26 Å². The Morgan fingerprint density at radius 2 is 2.06 bits per heavy atom. The smallest absolute Gasteiger partial charge is 0.101 e. The molecule has 0 aliphatic carbocycles. The second kappa shape index (κ2) is 7.43. The minimum Gasteiger partial charge on any atom is -0.381 e. The SMILES string of the molecule is CCC(C)CC(CC)Nc1ccc(Br)cc1C#N. The lowest BCUT2D eigenvalue weighted by Crippen LogP contribution is -2.21. The third-order valence-corrected chi connectivity index (χ3v) is 3.83. The van der Waals surface area contributed by atoms with Crippen LogP contribution in [0.3, 0.4) is 0 Å². The lowest BCUT2D eigenvalue weighted by atomic mass is 9.97. The highest BCUT2D eigenvalue weighted by atomic mass is 79.9. The fourth-order valence-corrected chi connectivity index (χ4v) is 2.30. The summed E-state index contributed by atoms with van der Waals surface area (Å²) in [5.41, 5.74) is 1.64. The fourth-order valence-electron chi connectivity index (χ4n) is 1.93. The summed E-state index contributed by atoms with van der Waals surface area (Å²) < 4.78 is 0.944. The van der Waals surface area contributed by atoms with Gasteiger partial charge in [-0.1, -0.05) is 43.1 Å². The van der Waals surface area contributed by atoms with Gasteiger partial charge in [0.25, 0.3) is 0 Å². The van der Waals surface area contributed by atoms with Crippen LogP contribution in [0.15, 0.2) is 22.7 Å². The summed E-state index contributed by atoms with van der Waals surface area (Å²) >= 11 is 3.39. The second-order valence-corrected chi connectivity index (χ2v) is 5.72. The average Bonchev–Trinajstić information content (AvgIpc) is 2.39. The number of hydrogen-bond acceptors (Lipinski definition) is 2. The van der Waals surface area contributed by atoms with Gasteiger partial charge in [-0.25, -0.2) is 0 Å². The monoisotopic (exact) mass is 308 g/mol. The van der Waals surface area contributed by atoms with Crippen LogP contribution in [0.5, 0.6) is 0 Å². The maximum absolute atomic E-state index is 9.15. The zero-order valence-corrected chi connectivity index (χ0v) is 12.9. The molecule has 0 amide bonds. The van der Waals surface area contributed by atoms with Crippen molar-refractivity contribution in [3.05, 3.63) is 28.2 Å². The minimum absolute atomic E-state index is 0.438. The molecule has 0 fully saturated rings. The highest BCUT2D eigenvalue weighted by Crippen LogP contribution is 2.23. The third kappa shape index (κ3) is 4.34. The Balaban J connectivity index is 2.79. The van der Waals surface area contributed by atoms with E-state index in [1.54, 1.807) is 0 Å². The molecule has 0 bridgehead atoms. The molecule has 3 heteroatoms. The molecule has 18 heavy (non-hydrogen) atoms. The largest absolute Gasteiger partial charge is 0.381 e. The maximum atomic E-state index is 9.15. The first kappa shape index (κ1) is 15.0. The van der Waals surface area contributed by atoms with Gasteiger partial charge in [-0.3, -0.25) is 0 Å². The Labute approximate surface area is 119 Å². The van der Waals surface area contributed by atoms with E-state index >= 15 is 0 Å². The van der Waals surface area contributed by atoms with Gasteiger partial charge in [-0.2, -0.15) is 5.26 Å². The summed E-state index contributed by atoms with van der Waals surface area (Å²) in [4.78, 5) is 0. The van der Waals surface area contributed by atoms with E-state index in [2.05, 4.69) is 48.1 Å². The predicted octanol–water partition coefficient (Wildman–Crippen LogP) is 4.95. The van der Waals surface area contributed by atoms with Gasteiger partial charge in [0.15, 0.2) is 0 Å². The first-order chi connectivity index (χ1) is 8.60. The third-order valence-electron chi connectivity index (χ3n) is 3.34. The van der Waals surface area contributed by atoms with E-state index in [1.807, 2.05) is 18.2 Å². The lowest BCUT2D eigenvalue weighted by molar-refractivity contribution is 0.462. The van der Waals surface area contributed by atoms with E-state index in [1.165, 1.54) is 6.42 Å². The summed E-state index contributed by atoms with van der Waals surface area (Å²) in [6.07, 6.45) is 3.42. The molecule has 0 spiro atoms. The van der Waals surface area contributed by atoms with Crippen LogP contribution < -0.4 is 5.32 Å². The Bertz CT molecular complexity index is 423. The van der Waals surface area contributed by atoms with Crippen LogP contribution in [0.25, 0.3) is 0 Å². The molecule has 1 N–H and O–H groups in total. The molecule has 1 aromatic carbocycles. The molecule has 0 saturated carbocycles. The number of halogens is 1. The molecule has 2 unspecified atom stereocenters. The molecule has 0 aliphatic heterocycles. The van der Waals surface area contributed by atoms with Crippen molar-refractivity contribution in [2.45, 2.75) is 46.1 Å². The Kier molecular flexibility index (Phi) is 6.21. The van der Waals surface area contributed by atoms with Crippen LogP contribution in [0.4, 0.5) is 5.69 Å². The molecule has 1 aromatic rings. The lowest BCUT2D eigenvalue weighted by Gasteiger charge is -2.22. The van der Waals surface area contributed by atoms with E-state index in [9.17, 15) is 0 Å². The van der Waals surface area contributed by atoms with Gasteiger partial charge in [0.05, 0.1) is 11.3 Å². The topological polar surface area (TPSA) is 35.8 Å². The molecule has 98 valence electrons. The molecule has 2 nitrogen and oxygen atoms in total. The number of nitriles is 1. The highest BCUT2D eigenvalue weighted by Gasteiger charge is 2.12. The zero-order valence-electron chi connectivity index (χ0n) is 11.3. The van der Waals surface area contributed by atoms with E-state index < -0.39 is 0 Å². The van der Waals surface area contributed by atoms with Gasteiger partial charge in [-0.15, -0.1) is 0 Å². The van der Waals surface area contributed by atoms with E-state index in [0.717, 1.165) is 23.0 Å². The summed E-state index contributed by atoms with van der Waals surface area (Å²) in [7, 11) is 0. The minimum atomic E-state index is 0.438. The predicted molar refractivity (Wildman–Crippen MR) is 80.6 cm³/mol. The van der Waals surface area contributed by atoms with Crippen LogP contribution in [-0.2, 0) is 0 Å². The first-order valence-corrected chi connectivity index (χ1v) is 7.36. The molecular formula is C15H21BrN2. The molecule has 0 heterocycles. The summed E-state index contributed by atoms with van der Waals surface area (Å²) in [5, 5.41) is 12.6. The van der Waals surface area contributed by atoms with Crippen molar-refractivity contribution in [1.82, 2.24) is 0 Å². The van der Waals surface area contributed by atoms with E-state index in [0.29, 0.717) is 17.5 Å². The van der Waals surface area contributed by atoms with Gasteiger partial charge < -0.3 is 5.32 Å². The first-order valence-electron chi connectivity index (χ1n) is 6.56. The van der Waals surface area contributed by atoms with E-state index in [4.69, 9.17) is 5.26 Å². The number of nitrogens with zero attached hydrogens (tertiary/aromatic N) is 1. The summed E-state index contributed by atoms with van der Waals surface area (Å²) in [5.74, 6) is 0.712. The van der Waals surface area contributed by atoms with Gasteiger partial charge in [0.2, 0.25) is 0 Å². The molecule has 0 saturated heterocycles. The summed E-state index contributed by atoms with van der Waals surface area (Å²) in [6.45, 7) is 6.68. The molecule has 2 atom stereocenters. The average molecular weight is 309 g/mol. The quantitative estimate of drug-likeness (QED) is 0.807. The van der Waals surface area contributed by atoms with Crippen molar-refractivity contribution in [3.8, 4) is 6.07 Å². The van der Waals surface area contributed by atoms with Crippen molar-refractivity contribution in [2.75, 3.05) is 5.32 Å². The van der Waals surface area contributed by atoms with Crippen LogP contribution in [0.2, 0.25) is 0 Å². The Morgan fingerprint density at radius 1 is 1.33 bits per heavy atom. The maximum Gasteiger partial charge on any atom is 0.101 e. The molecule has 0 aliphatic rings. The second-order valence-electron chi connectivity index (χ2n) is 4.80. The molecule has 0 aromatic heterocycles. The van der Waals surface area contributed by atoms with E-state index in [-0.39, 0.29) is 0 Å². The Morgan fingerprint density at radius 3 is 2.61 bits per heavy atom. The molecule has 1 rings (SSSR count). The highest BCUT2D eigenvalue weighted by molar-refractivity contribution is 9.10. The van der Waals surface area contributed by atoms with Gasteiger partial charge in [0.1, 0.15) is 6.07 Å². The number of anilines is 1.